The Morgan fingerprint density at radius 3 is 2.52 bits per heavy atom. The van der Waals surface area contributed by atoms with E-state index in [1.165, 1.54) is 4.90 Å². The lowest BCUT2D eigenvalue weighted by Crippen LogP contribution is -2.30. The molecule has 1 aromatic carbocycles. The maximum absolute atomic E-state index is 12.6. The average molecular weight is 379 g/mol. The summed E-state index contributed by atoms with van der Waals surface area (Å²) < 4.78 is 0.938. The Hall–Kier alpha value is -1.88. The minimum Gasteiger partial charge on any atom is -0.345 e. The fourth-order valence-corrected chi connectivity index (χ4v) is 2.66. The highest BCUT2D eigenvalue weighted by atomic mass is 79.9. The summed E-state index contributed by atoms with van der Waals surface area (Å²) in [6.07, 6.45) is 6.80. The number of hydrogen-bond donors (Lipinski definition) is 1. The summed E-state index contributed by atoms with van der Waals surface area (Å²) in [6, 6.07) is 5.62. The maximum Gasteiger partial charge on any atom is 0.261 e. The Morgan fingerprint density at radius 2 is 1.96 bits per heavy atom. The van der Waals surface area contributed by atoms with Gasteiger partial charge in [0.15, 0.2) is 0 Å². The van der Waals surface area contributed by atoms with E-state index in [-0.39, 0.29) is 11.5 Å². The number of hydrogen-bond acceptors (Lipinski definition) is 2. The van der Waals surface area contributed by atoms with E-state index in [0.717, 1.165) is 22.9 Å². The van der Waals surface area contributed by atoms with E-state index < -0.39 is 5.91 Å². The number of carbonyl (C=O) groups excluding carboxylic acids is 2. The van der Waals surface area contributed by atoms with Gasteiger partial charge in [0.25, 0.3) is 11.8 Å². The Labute approximate surface area is 146 Å². The summed E-state index contributed by atoms with van der Waals surface area (Å²) in [4.78, 5) is 26.2. The first-order valence-corrected chi connectivity index (χ1v) is 8.38. The molecule has 124 valence electrons. The van der Waals surface area contributed by atoms with E-state index >= 15 is 0 Å². The summed E-state index contributed by atoms with van der Waals surface area (Å²) in [5.74, 6) is -0.728. The van der Waals surface area contributed by atoms with Gasteiger partial charge in [0, 0.05) is 24.3 Å². The van der Waals surface area contributed by atoms with Crippen LogP contribution >= 0.6 is 15.9 Å². The third-order valence-corrected chi connectivity index (χ3v) is 3.98. The Bertz CT molecular complexity index is 634. The number of allylic oxidation sites excluding steroid dienone is 3. The van der Waals surface area contributed by atoms with Crippen molar-refractivity contribution in [3.63, 3.8) is 0 Å². The number of nitrogens with zero attached hydrogens (tertiary/aromatic N) is 1. The van der Waals surface area contributed by atoms with Crippen molar-refractivity contribution in [3.05, 3.63) is 52.0 Å². The number of amides is 2. The largest absolute Gasteiger partial charge is 0.345 e. The second-order valence-corrected chi connectivity index (χ2v) is 6.04. The maximum atomic E-state index is 12.6. The predicted octanol–water partition coefficient (Wildman–Crippen LogP) is 3.93. The fourth-order valence-electron chi connectivity index (χ4n) is 2.01. The topological polar surface area (TPSA) is 49.4 Å². The second-order valence-electron chi connectivity index (χ2n) is 5.19. The van der Waals surface area contributed by atoms with Gasteiger partial charge in [-0.15, -0.1) is 0 Å². The van der Waals surface area contributed by atoms with Crippen LogP contribution in [0.5, 0.6) is 0 Å². The highest BCUT2D eigenvalue weighted by Crippen LogP contribution is 2.25. The molecule has 0 heterocycles. The van der Waals surface area contributed by atoms with Gasteiger partial charge in [-0.2, -0.15) is 0 Å². The van der Waals surface area contributed by atoms with E-state index in [2.05, 4.69) is 21.2 Å². The average Bonchev–Trinajstić information content (AvgIpc) is 2.51. The molecule has 4 nitrogen and oxygen atoms in total. The van der Waals surface area contributed by atoms with Crippen LogP contribution in [0.2, 0.25) is 0 Å². The zero-order valence-electron chi connectivity index (χ0n) is 14.0. The lowest BCUT2D eigenvalue weighted by Gasteiger charge is -2.15. The quantitative estimate of drug-likeness (QED) is 0.352. The van der Waals surface area contributed by atoms with Crippen LogP contribution in [-0.2, 0) is 16.0 Å². The molecule has 0 spiro atoms. The van der Waals surface area contributed by atoms with E-state index in [1.807, 2.05) is 38.1 Å². The van der Waals surface area contributed by atoms with Gasteiger partial charge in [0.2, 0.25) is 0 Å². The molecule has 0 atom stereocenters. The third kappa shape index (κ3) is 5.36. The van der Waals surface area contributed by atoms with Crippen molar-refractivity contribution in [1.82, 2.24) is 4.90 Å². The normalized spacial score (nSPS) is 11.6. The van der Waals surface area contributed by atoms with Crippen LogP contribution in [-0.4, -0.2) is 30.8 Å². The van der Waals surface area contributed by atoms with Gasteiger partial charge in [-0.25, -0.2) is 0 Å². The van der Waals surface area contributed by atoms with Crippen LogP contribution in [0.25, 0.3) is 0 Å². The molecular weight excluding hydrogens is 356 g/mol. The van der Waals surface area contributed by atoms with Crippen LogP contribution in [0.3, 0.4) is 0 Å². The lowest BCUT2D eigenvalue weighted by atomic mass is 10.1. The molecule has 5 heteroatoms. The molecule has 0 saturated heterocycles. The van der Waals surface area contributed by atoms with Gasteiger partial charge in [0.1, 0.15) is 5.57 Å². The lowest BCUT2D eigenvalue weighted by molar-refractivity contribution is -0.127. The van der Waals surface area contributed by atoms with Crippen LogP contribution in [0, 0.1) is 0 Å². The van der Waals surface area contributed by atoms with Gasteiger partial charge in [-0.3, -0.25) is 9.59 Å². The second kappa shape index (κ2) is 9.30. The van der Waals surface area contributed by atoms with Gasteiger partial charge in [-0.05, 0) is 36.6 Å². The number of anilines is 1. The number of carbonyl (C=O) groups is 2. The highest BCUT2D eigenvalue weighted by molar-refractivity contribution is 9.10. The van der Waals surface area contributed by atoms with E-state index in [4.69, 9.17) is 0 Å². The molecular formula is C18H23BrN2O2. The van der Waals surface area contributed by atoms with Crippen molar-refractivity contribution >= 4 is 33.4 Å². The number of rotatable bonds is 6. The first-order valence-electron chi connectivity index (χ1n) is 7.59. The molecule has 0 aliphatic rings. The zero-order valence-corrected chi connectivity index (χ0v) is 15.6. The number of benzene rings is 1. The summed E-state index contributed by atoms with van der Waals surface area (Å²) in [6.45, 7) is 4.01. The summed E-state index contributed by atoms with van der Waals surface area (Å²) in [7, 11) is 3.26. The van der Waals surface area contributed by atoms with Crippen LogP contribution in [0.1, 0.15) is 25.8 Å². The van der Waals surface area contributed by atoms with Gasteiger partial charge >= 0.3 is 0 Å². The molecule has 0 fully saturated rings. The SMILES string of the molecule is CC/C=C/C=C(/C(=O)Nc1cccc(Br)c1CC)C(=O)N(C)C. The van der Waals surface area contributed by atoms with Crippen molar-refractivity contribution in [2.24, 2.45) is 0 Å². The van der Waals surface area contributed by atoms with Gasteiger partial charge in [0.05, 0.1) is 0 Å². The molecule has 0 aliphatic carbocycles. The van der Waals surface area contributed by atoms with Crippen LogP contribution in [0.15, 0.2) is 46.5 Å². The minimum absolute atomic E-state index is 0.113. The standard InChI is InChI=1S/C18H23BrN2O2/c1-5-7-8-10-14(18(23)21(3)4)17(22)20-16-12-9-11-15(19)13(16)6-2/h7-12H,5-6H2,1-4H3,(H,20,22)/b8-7+,14-10-. The molecule has 23 heavy (non-hydrogen) atoms. The first kappa shape index (κ1) is 19.2. The van der Waals surface area contributed by atoms with E-state index in [9.17, 15) is 9.59 Å². The predicted molar refractivity (Wildman–Crippen MR) is 98.4 cm³/mol. The van der Waals surface area contributed by atoms with Crippen LogP contribution in [0.4, 0.5) is 5.69 Å². The Morgan fingerprint density at radius 1 is 1.26 bits per heavy atom. The Kier molecular flexibility index (Phi) is 7.75. The molecule has 0 unspecified atom stereocenters. The molecule has 2 amide bonds. The van der Waals surface area contributed by atoms with Crippen molar-refractivity contribution in [2.45, 2.75) is 26.7 Å². The Balaban J connectivity index is 3.12. The molecule has 1 N–H and O–H groups in total. The minimum atomic E-state index is -0.405. The summed E-state index contributed by atoms with van der Waals surface area (Å²) in [5.41, 5.74) is 1.83. The zero-order chi connectivity index (χ0) is 17.4. The van der Waals surface area contributed by atoms with Crippen molar-refractivity contribution in [2.75, 3.05) is 19.4 Å². The molecule has 0 bridgehead atoms. The van der Waals surface area contributed by atoms with E-state index in [0.29, 0.717) is 5.69 Å². The van der Waals surface area contributed by atoms with Gasteiger partial charge < -0.3 is 10.2 Å². The summed E-state index contributed by atoms with van der Waals surface area (Å²) in [5, 5.41) is 2.85. The first-order chi connectivity index (χ1) is 10.9. The highest BCUT2D eigenvalue weighted by Gasteiger charge is 2.20. The molecule has 0 saturated carbocycles. The van der Waals surface area contributed by atoms with E-state index in [1.54, 1.807) is 26.2 Å². The molecule has 0 aromatic heterocycles. The smallest absolute Gasteiger partial charge is 0.261 e. The molecule has 1 rings (SSSR count). The fraction of sp³-hybridized carbons (Fsp3) is 0.333. The monoisotopic (exact) mass is 378 g/mol. The molecule has 1 aromatic rings. The van der Waals surface area contributed by atoms with Crippen molar-refractivity contribution < 1.29 is 9.59 Å². The van der Waals surface area contributed by atoms with Gasteiger partial charge in [-0.1, -0.05) is 48.0 Å². The molecule has 0 radical (unpaired) electrons. The number of nitrogens with one attached hydrogen (secondary N) is 1. The summed E-state index contributed by atoms with van der Waals surface area (Å²) >= 11 is 3.49. The number of halogens is 1. The molecule has 0 aliphatic heterocycles. The third-order valence-electron chi connectivity index (χ3n) is 3.24. The number of likely N-dealkylation sites (N-methyl/N-ethyl adjacent to an activating group) is 1. The van der Waals surface area contributed by atoms with Crippen molar-refractivity contribution in [1.29, 1.82) is 0 Å². The van der Waals surface area contributed by atoms with Crippen molar-refractivity contribution in [3.8, 4) is 0 Å². The van der Waals surface area contributed by atoms with Crippen LogP contribution < -0.4 is 5.32 Å².